The number of imidazole rings is 1. The molecule has 10 heteroatoms. The number of amides is 1. The van der Waals surface area contributed by atoms with Crippen molar-refractivity contribution in [3.05, 3.63) is 29.1 Å². The minimum absolute atomic E-state index is 0.125. The van der Waals surface area contributed by atoms with Gasteiger partial charge in [-0.05, 0) is 37.3 Å². The van der Waals surface area contributed by atoms with Crippen LogP contribution in [0, 0.1) is 0 Å². The van der Waals surface area contributed by atoms with Crippen molar-refractivity contribution >= 4 is 17.5 Å². The molecule has 1 amide bonds. The van der Waals surface area contributed by atoms with Crippen LogP contribution < -0.4 is 5.32 Å². The summed E-state index contributed by atoms with van der Waals surface area (Å²) >= 11 is 5.64. The molecule has 0 bridgehead atoms. The van der Waals surface area contributed by atoms with E-state index in [0.717, 1.165) is 0 Å². The summed E-state index contributed by atoms with van der Waals surface area (Å²) in [5, 5.41) is 31.4. The number of carbonyl (C=O) groups is 1. The van der Waals surface area contributed by atoms with Gasteiger partial charge in [-0.3, -0.25) is 4.79 Å². The number of rotatable bonds is 5. The molecule has 128 valence electrons. The van der Waals surface area contributed by atoms with E-state index in [4.69, 9.17) is 11.6 Å². The van der Waals surface area contributed by atoms with Gasteiger partial charge in [-0.15, -0.1) is 5.10 Å². The first-order valence-electron chi connectivity index (χ1n) is 7.72. The summed E-state index contributed by atoms with van der Waals surface area (Å²) in [7, 11) is 0. The molecule has 24 heavy (non-hydrogen) atoms. The maximum absolute atomic E-state index is 12.0. The second kappa shape index (κ2) is 5.27. The minimum atomic E-state index is -0.944. The number of nitrogens with zero attached hydrogens (tertiary/aromatic N) is 4. The molecule has 2 aromatic rings. The van der Waals surface area contributed by atoms with Crippen LogP contribution in [0.4, 0.5) is 0 Å². The quantitative estimate of drug-likeness (QED) is 0.597. The Balaban J connectivity index is 1.31. The SMILES string of the molecule is O=C(NC1CC(O)(Cn2cc(C3(O)CC3)nn2)C1)c1cnc(Cl)[nH]1. The third-order valence-electron chi connectivity index (χ3n) is 4.57. The largest absolute Gasteiger partial charge is 0.388 e. The van der Waals surface area contributed by atoms with Gasteiger partial charge in [-0.1, -0.05) is 5.21 Å². The molecule has 2 heterocycles. The maximum atomic E-state index is 12.0. The Morgan fingerprint density at radius 2 is 2.21 bits per heavy atom. The lowest BCUT2D eigenvalue weighted by Gasteiger charge is -2.43. The van der Waals surface area contributed by atoms with Crippen molar-refractivity contribution in [3.63, 3.8) is 0 Å². The molecule has 2 saturated carbocycles. The van der Waals surface area contributed by atoms with Crippen molar-refractivity contribution in [1.29, 1.82) is 0 Å². The van der Waals surface area contributed by atoms with E-state index >= 15 is 0 Å². The van der Waals surface area contributed by atoms with E-state index in [1.165, 1.54) is 6.20 Å². The normalized spacial score (nSPS) is 27.5. The van der Waals surface area contributed by atoms with Crippen molar-refractivity contribution in [2.24, 2.45) is 0 Å². The Hall–Kier alpha value is -1.97. The fourth-order valence-corrected chi connectivity index (χ4v) is 3.18. The van der Waals surface area contributed by atoms with E-state index < -0.39 is 11.2 Å². The molecule has 4 N–H and O–H groups in total. The highest BCUT2D eigenvalue weighted by atomic mass is 35.5. The minimum Gasteiger partial charge on any atom is -0.388 e. The summed E-state index contributed by atoms with van der Waals surface area (Å²) in [5.41, 5.74) is -0.941. The summed E-state index contributed by atoms with van der Waals surface area (Å²) in [6, 6.07) is -0.125. The zero-order valence-corrected chi connectivity index (χ0v) is 13.5. The van der Waals surface area contributed by atoms with Crippen molar-refractivity contribution in [2.75, 3.05) is 0 Å². The molecule has 0 radical (unpaired) electrons. The fraction of sp³-hybridized carbons (Fsp3) is 0.571. The number of aromatic amines is 1. The molecule has 2 fully saturated rings. The predicted octanol–water partition coefficient (Wildman–Crippen LogP) is -0.0405. The molecule has 0 atom stereocenters. The fourth-order valence-electron chi connectivity index (χ4n) is 3.03. The van der Waals surface area contributed by atoms with E-state index in [-0.39, 0.29) is 29.5 Å². The van der Waals surface area contributed by atoms with E-state index in [9.17, 15) is 15.0 Å². The van der Waals surface area contributed by atoms with E-state index in [1.807, 2.05) is 0 Å². The monoisotopic (exact) mass is 352 g/mol. The molecule has 9 nitrogen and oxygen atoms in total. The van der Waals surface area contributed by atoms with Gasteiger partial charge in [0.25, 0.3) is 5.91 Å². The zero-order valence-electron chi connectivity index (χ0n) is 12.7. The van der Waals surface area contributed by atoms with Gasteiger partial charge in [0.1, 0.15) is 17.0 Å². The lowest BCUT2D eigenvalue weighted by Crippen LogP contribution is -2.57. The summed E-state index contributed by atoms with van der Waals surface area (Å²) in [5.74, 6) is -0.305. The number of H-pyrrole nitrogens is 1. The van der Waals surface area contributed by atoms with Crippen LogP contribution in [0.5, 0.6) is 0 Å². The number of aromatic nitrogens is 5. The summed E-state index contributed by atoms with van der Waals surface area (Å²) in [6.07, 6.45) is 5.26. The first kappa shape index (κ1) is 15.6. The molecular formula is C14H17ClN6O3. The highest BCUT2D eigenvalue weighted by Crippen LogP contribution is 2.44. The summed E-state index contributed by atoms with van der Waals surface area (Å²) in [6.45, 7) is 0.276. The molecular weight excluding hydrogens is 336 g/mol. The molecule has 0 aliphatic heterocycles. The average molecular weight is 353 g/mol. The van der Waals surface area contributed by atoms with Crippen LogP contribution >= 0.6 is 11.6 Å². The Bertz CT molecular complexity index is 777. The van der Waals surface area contributed by atoms with E-state index in [2.05, 4.69) is 25.6 Å². The van der Waals surface area contributed by atoms with Gasteiger partial charge >= 0.3 is 0 Å². The van der Waals surface area contributed by atoms with Crippen molar-refractivity contribution in [3.8, 4) is 0 Å². The molecule has 0 spiro atoms. The Morgan fingerprint density at radius 1 is 1.46 bits per heavy atom. The Morgan fingerprint density at radius 3 is 2.83 bits per heavy atom. The van der Waals surface area contributed by atoms with Gasteiger partial charge in [0, 0.05) is 6.04 Å². The van der Waals surface area contributed by atoms with Crippen LogP contribution in [0.25, 0.3) is 0 Å². The number of carbonyl (C=O) groups excluding carboxylic acids is 1. The smallest absolute Gasteiger partial charge is 0.269 e. The lowest BCUT2D eigenvalue weighted by atomic mass is 9.75. The van der Waals surface area contributed by atoms with Crippen molar-refractivity contribution in [2.45, 2.75) is 49.5 Å². The zero-order chi connectivity index (χ0) is 16.9. The molecule has 2 aliphatic rings. The number of aliphatic hydroxyl groups is 2. The van der Waals surface area contributed by atoms with Crippen LogP contribution in [-0.2, 0) is 12.1 Å². The van der Waals surface area contributed by atoms with Gasteiger partial charge in [0.05, 0.1) is 24.5 Å². The van der Waals surface area contributed by atoms with Crippen molar-refractivity contribution < 1.29 is 15.0 Å². The molecule has 2 aromatic heterocycles. The third-order valence-corrected chi connectivity index (χ3v) is 4.76. The number of nitrogens with one attached hydrogen (secondary N) is 2. The first-order valence-corrected chi connectivity index (χ1v) is 8.10. The topological polar surface area (TPSA) is 129 Å². The first-order chi connectivity index (χ1) is 11.4. The van der Waals surface area contributed by atoms with Gasteiger partial charge in [0.2, 0.25) is 5.28 Å². The highest BCUT2D eigenvalue weighted by molar-refractivity contribution is 6.28. The van der Waals surface area contributed by atoms with Crippen molar-refractivity contribution in [1.82, 2.24) is 30.3 Å². The highest BCUT2D eigenvalue weighted by Gasteiger charge is 2.46. The predicted molar refractivity (Wildman–Crippen MR) is 82.2 cm³/mol. The van der Waals surface area contributed by atoms with Gasteiger partial charge < -0.3 is 20.5 Å². The molecule has 2 aliphatic carbocycles. The summed E-state index contributed by atoms with van der Waals surface area (Å²) < 4.78 is 1.54. The molecule has 4 rings (SSSR count). The average Bonchev–Trinajstić information content (AvgIpc) is 2.90. The van der Waals surface area contributed by atoms with Crippen LogP contribution in [0.15, 0.2) is 12.4 Å². The Labute approximate surface area is 142 Å². The van der Waals surface area contributed by atoms with Gasteiger partial charge in [-0.2, -0.15) is 0 Å². The number of halogens is 1. The third kappa shape index (κ3) is 2.90. The van der Waals surface area contributed by atoms with Crippen LogP contribution in [0.1, 0.15) is 41.9 Å². The van der Waals surface area contributed by atoms with E-state index in [0.29, 0.717) is 31.4 Å². The summed E-state index contributed by atoms with van der Waals surface area (Å²) in [4.78, 5) is 18.4. The maximum Gasteiger partial charge on any atom is 0.269 e. The number of hydrogen-bond acceptors (Lipinski definition) is 6. The standard InChI is InChI=1S/C14H17ClN6O3/c15-12-16-5-9(18-12)11(22)17-8-3-13(23,4-8)7-21-6-10(19-20-21)14(24)1-2-14/h5-6,8,23-24H,1-4,7H2,(H,16,18)(H,17,22). The second-order valence-electron chi connectivity index (χ2n) is 6.72. The van der Waals surface area contributed by atoms with Gasteiger partial charge in [0.15, 0.2) is 0 Å². The van der Waals surface area contributed by atoms with Crippen LogP contribution in [-0.4, -0.2) is 52.7 Å². The van der Waals surface area contributed by atoms with Crippen LogP contribution in [0.3, 0.4) is 0 Å². The Kier molecular flexibility index (Phi) is 3.41. The lowest BCUT2D eigenvalue weighted by molar-refractivity contribution is -0.0689. The molecule has 0 saturated heterocycles. The van der Waals surface area contributed by atoms with E-state index in [1.54, 1.807) is 10.9 Å². The second-order valence-corrected chi connectivity index (χ2v) is 7.08. The molecule has 0 unspecified atom stereocenters. The molecule has 0 aromatic carbocycles. The number of hydrogen-bond donors (Lipinski definition) is 4. The van der Waals surface area contributed by atoms with Crippen LogP contribution in [0.2, 0.25) is 5.28 Å². The van der Waals surface area contributed by atoms with Gasteiger partial charge in [-0.25, -0.2) is 9.67 Å².